The minimum Gasteiger partial charge on any atom is -0.484 e. The topological polar surface area (TPSA) is 98.0 Å². The number of carbonyl (C=O) groups excluding carboxylic acids is 1. The zero-order valence-electron chi connectivity index (χ0n) is 15.7. The normalized spacial score (nSPS) is 12.0. The molecule has 0 saturated heterocycles. The van der Waals surface area contributed by atoms with Crippen molar-refractivity contribution in [1.29, 1.82) is 0 Å². The van der Waals surface area contributed by atoms with Crippen LogP contribution >= 0.6 is 0 Å². The van der Waals surface area contributed by atoms with E-state index < -0.39 is 23.5 Å². The van der Waals surface area contributed by atoms with Gasteiger partial charge in [-0.05, 0) is 35.9 Å². The highest BCUT2D eigenvalue weighted by Crippen LogP contribution is 2.24. The maximum Gasteiger partial charge on any atom is 0.344 e. The van der Waals surface area contributed by atoms with Crippen LogP contribution in [0, 0.1) is 5.82 Å². The van der Waals surface area contributed by atoms with E-state index in [4.69, 9.17) is 13.9 Å². The number of halogens is 1. The van der Waals surface area contributed by atoms with Crippen molar-refractivity contribution in [2.75, 3.05) is 26.9 Å². The summed E-state index contributed by atoms with van der Waals surface area (Å²) in [5.74, 6) is -0.450. The zero-order valence-corrected chi connectivity index (χ0v) is 15.7. The summed E-state index contributed by atoms with van der Waals surface area (Å²) in [6.45, 7) is -0.0946. The Morgan fingerprint density at radius 3 is 2.69 bits per heavy atom. The van der Waals surface area contributed by atoms with Gasteiger partial charge in [-0.3, -0.25) is 4.79 Å². The maximum absolute atomic E-state index is 13.1. The van der Waals surface area contributed by atoms with E-state index in [-0.39, 0.29) is 19.8 Å². The summed E-state index contributed by atoms with van der Waals surface area (Å²) in [5, 5.41) is 12.7. The molecule has 29 heavy (non-hydrogen) atoms. The van der Waals surface area contributed by atoms with Crippen molar-refractivity contribution in [3.05, 3.63) is 64.8 Å². The Hall–Kier alpha value is -3.23. The number of benzene rings is 2. The number of amides is 1. The van der Waals surface area contributed by atoms with Gasteiger partial charge in [0.15, 0.2) is 6.61 Å². The first kappa shape index (κ1) is 20.5. The molecule has 7 nitrogen and oxygen atoms in total. The predicted octanol–water partition coefficient (Wildman–Crippen LogP) is 2.10. The molecule has 1 amide bonds. The van der Waals surface area contributed by atoms with Gasteiger partial charge in [0.2, 0.25) is 0 Å². The van der Waals surface area contributed by atoms with Crippen LogP contribution in [-0.2, 0) is 9.53 Å². The molecule has 8 heteroatoms. The van der Waals surface area contributed by atoms with E-state index in [0.717, 1.165) is 0 Å². The molecule has 152 valence electrons. The van der Waals surface area contributed by atoms with Gasteiger partial charge in [0.05, 0.1) is 18.3 Å². The molecule has 0 aliphatic heterocycles. The number of fused-ring (bicyclic) bond motifs is 1. The van der Waals surface area contributed by atoms with Crippen LogP contribution < -0.4 is 15.7 Å². The molecule has 1 aromatic heterocycles. The molecule has 0 bridgehead atoms. The van der Waals surface area contributed by atoms with Gasteiger partial charge in [-0.1, -0.05) is 12.1 Å². The predicted molar refractivity (Wildman–Crippen MR) is 104 cm³/mol. The molecule has 0 aliphatic carbocycles. The van der Waals surface area contributed by atoms with Crippen LogP contribution in [-0.4, -0.2) is 44.0 Å². The number of carbonyl (C=O) groups is 1. The van der Waals surface area contributed by atoms with Gasteiger partial charge >= 0.3 is 5.63 Å². The summed E-state index contributed by atoms with van der Waals surface area (Å²) in [4.78, 5) is 24.1. The van der Waals surface area contributed by atoms with Gasteiger partial charge in [-0.2, -0.15) is 0 Å². The average Bonchev–Trinajstić information content (AvgIpc) is 2.71. The average molecular weight is 401 g/mol. The van der Waals surface area contributed by atoms with Crippen LogP contribution in [0.15, 0.2) is 57.7 Å². The second kappa shape index (κ2) is 9.31. The van der Waals surface area contributed by atoms with E-state index in [1.165, 1.54) is 37.4 Å². The summed E-state index contributed by atoms with van der Waals surface area (Å²) in [5.41, 5.74) is 0.607. The van der Waals surface area contributed by atoms with Gasteiger partial charge in [0.1, 0.15) is 17.1 Å². The molecule has 0 aliphatic rings. The number of methoxy groups -OCH3 is 1. The Morgan fingerprint density at radius 1 is 1.21 bits per heavy atom. The summed E-state index contributed by atoms with van der Waals surface area (Å²) in [6.07, 6.45) is -0.797. The van der Waals surface area contributed by atoms with Crippen LogP contribution in [0.5, 0.6) is 5.75 Å². The summed E-state index contributed by atoms with van der Waals surface area (Å²) in [6, 6.07) is 12.1. The van der Waals surface area contributed by atoms with E-state index in [0.29, 0.717) is 27.8 Å². The lowest BCUT2D eigenvalue weighted by Crippen LogP contribution is -2.36. The van der Waals surface area contributed by atoms with Crippen molar-refractivity contribution in [3.8, 4) is 16.9 Å². The molecule has 3 aromatic rings. The van der Waals surface area contributed by atoms with E-state index in [1.54, 1.807) is 18.2 Å². The zero-order chi connectivity index (χ0) is 20.8. The van der Waals surface area contributed by atoms with Gasteiger partial charge in [-0.25, -0.2) is 9.18 Å². The molecule has 1 heterocycles. The van der Waals surface area contributed by atoms with E-state index >= 15 is 0 Å². The second-order valence-electron chi connectivity index (χ2n) is 6.36. The van der Waals surface area contributed by atoms with Crippen LogP contribution in [0.3, 0.4) is 0 Å². The third kappa shape index (κ3) is 5.40. The van der Waals surface area contributed by atoms with Gasteiger partial charge in [0.25, 0.3) is 5.91 Å². The first-order valence-corrected chi connectivity index (χ1v) is 8.86. The first-order chi connectivity index (χ1) is 14.0. The van der Waals surface area contributed by atoms with Crippen molar-refractivity contribution in [2.45, 2.75) is 6.10 Å². The lowest BCUT2D eigenvalue weighted by Gasteiger charge is -2.11. The molecule has 0 fully saturated rings. The Morgan fingerprint density at radius 2 is 1.97 bits per heavy atom. The highest BCUT2D eigenvalue weighted by molar-refractivity contribution is 5.83. The number of rotatable bonds is 8. The first-order valence-electron chi connectivity index (χ1n) is 8.86. The number of aliphatic hydroxyl groups is 1. The summed E-state index contributed by atoms with van der Waals surface area (Å²) in [7, 11) is 1.45. The van der Waals surface area contributed by atoms with E-state index in [1.807, 2.05) is 0 Å². The third-order valence-corrected chi connectivity index (χ3v) is 4.13. The molecular weight excluding hydrogens is 381 g/mol. The summed E-state index contributed by atoms with van der Waals surface area (Å²) < 4.78 is 28.6. The molecule has 0 radical (unpaired) electrons. The van der Waals surface area contributed by atoms with Crippen LogP contribution in [0.25, 0.3) is 22.1 Å². The molecular formula is C21H20FNO6. The monoisotopic (exact) mass is 401 g/mol. The number of hydrogen-bond donors (Lipinski definition) is 2. The van der Waals surface area contributed by atoms with E-state index in [9.17, 15) is 19.1 Å². The molecule has 1 atom stereocenters. The van der Waals surface area contributed by atoms with Crippen molar-refractivity contribution < 1.29 is 28.2 Å². The van der Waals surface area contributed by atoms with Gasteiger partial charge in [0, 0.05) is 25.1 Å². The SMILES string of the molecule is COCC(O)CNC(=O)COc1ccc2cc(-c3ccc(F)cc3)c(=O)oc2c1. The van der Waals surface area contributed by atoms with Gasteiger partial charge < -0.3 is 24.3 Å². The van der Waals surface area contributed by atoms with Crippen molar-refractivity contribution >= 4 is 16.9 Å². The Kier molecular flexibility index (Phi) is 6.58. The number of aliphatic hydroxyl groups excluding tert-OH is 1. The highest BCUT2D eigenvalue weighted by Gasteiger charge is 2.11. The lowest BCUT2D eigenvalue weighted by molar-refractivity contribution is -0.123. The summed E-state index contributed by atoms with van der Waals surface area (Å²) >= 11 is 0. The van der Waals surface area contributed by atoms with Gasteiger partial charge in [-0.15, -0.1) is 0 Å². The number of nitrogens with one attached hydrogen (secondary N) is 1. The van der Waals surface area contributed by atoms with Crippen LogP contribution in [0.4, 0.5) is 4.39 Å². The second-order valence-corrected chi connectivity index (χ2v) is 6.36. The van der Waals surface area contributed by atoms with Crippen LogP contribution in [0.2, 0.25) is 0 Å². The molecule has 0 saturated carbocycles. The van der Waals surface area contributed by atoms with Crippen molar-refractivity contribution in [3.63, 3.8) is 0 Å². The molecule has 0 spiro atoms. The van der Waals surface area contributed by atoms with Crippen LogP contribution in [0.1, 0.15) is 0 Å². The number of ether oxygens (including phenoxy) is 2. The number of hydrogen-bond acceptors (Lipinski definition) is 6. The smallest absolute Gasteiger partial charge is 0.344 e. The van der Waals surface area contributed by atoms with Crippen molar-refractivity contribution in [2.24, 2.45) is 0 Å². The fraction of sp³-hybridized carbons (Fsp3) is 0.238. The molecule has 3 rings (SSSR count). The Labute approximate surface area is 165 Å². The van der Waals surface area contributed by atoms with E-state index in [2.05, 4.69) is 5.32 Å². The fourth-order valence-corrected chi connectivity index (χ4v) is 2.69. The minimum absolute atomic E-state index is 0.0504. The maximum atomic E-state index is 13.1. The Bertz CT molecular complexity index is 1050. The Balaban J connectivity index is 1.69. The standard InChI is InChI=1S/C21H20FNO6/c1-27-11-16(24)10-23-20(25)12-28-17-7-4-14-8-18(21(26)29-19(14)9-17)13-2-5-15(22)6-3-13/h2-9,16,24H,10-12H2,1H3,(H,23,25). The fourth-order valence-electron chi connectivity index (χ4n) is 2.69. The van der Waals surface area contributed by atoms with Crippen molar-refractivity contribution in [1.82, 2.24) is 5.32 Å². The molecule has 2 aromatic carbocycles. The third-order valence-electron chi connectivity index (χ3n) is 4.13. The molecule has 1 unspecified atom stereocenters. The highest BCUT2D eigenvalue weighted by atomic mass is 19.1. The quantitative estimate of drug-likeness (QED) is 0.561. The lowest BCUT2D eigenvalue weighted by atomic mass is 10.1. The minimum atomic E-state index is -0.797. The largest absolute Gasteiger partial charge is 0.484 e. The molecule has 2 N–H and O–H groups in total.